The molecule has 1 aliphatic heterocycles. The van der Waals surface area contributed by atoms with E-state index in [0.29, 0.717) is 19.2 Å². The number of anilines is 2. The standard InChI is InChI=1S/C26H27F4N5O2S/c1-25(2)23(37)34(17-8-7-16(15-32)20(13-17)26(28,29)30)24(38)35(25)18-9-10-19(21(27)14-18)22(36)33-12-6-4-3-5-11-31/h7-10,13-14H,3-6,11-12,31H2,1-2H3,(H,33,36). The number of amides is 2. The lowest BCUT2D eigenvalue weighted by Gasteiger charge is -2.29. The van der Waals surface area contributed by atoms with Crippen molar-refractivity contribution in [3.05, 3.63) is 58.9 Å². The van der Waals surface area contributed by atoms with Gasteiger partial charge in [-0.1, -0.05) is 12.8 Å². The zero-order chi connectivity index (χ0) is 28.3. The van der Waals surface area contributed by atoms with E-state index in [1.165, 1.54) is 43.0 Å². The molecule has 202 valence electrons. The second-order valence-corrected chi connectivity index (χ2v) is 9.65. The van der Waals surface area contributed by atoms with E-state index in [1.807, 2.05) is 0 Å². The quantitative estimate of drug-likeness (QED) is 0.263. The summed E-state index contributed by atoms with van der Waals surface area (Å²) in [5, 5.41) is 11.6. The highest BCUT2D eigenvalue weighted by molar-refractivity contribution is 7.81. The first kappa shape index (κ1) is 29.0. The van der Waals surface area contributed by atoms with E-state index in [0.717, 1.165) is 42.7 Å². The Morgan fingerprint density at radius 2 is 1.76 bits per heavy atom. The normalized spacial score (nSPS) is 15.1. The van der Waals surface area contributed by atoms with E-state index in [4.69, 9.17) is 23.2 Å². The molecule has 1 heterocycles. The predicted molar refractivity (Wildman–Crippen MR) is 139 cm³/mol. The first-order chi connectivity index (χ1) is 17.8. The van der Waals surface area contributed by atoms with E-state index in [-0.39, 0.29) is 22.1 Å². The number of nitrogens with two attached hydrogens (primary N) is 1. The molecular formula is C26H27F4N5O2S. The van der Waals surface area contributed by atoms with Crippen LogP contribution in [0.3, 0.4) is 0 Å². The Labute approximate surface area is 223 Å². The zero-order valence-electron chi connectivity index (χ0n) is 20.9. The molecule has 0 spiro atoms. The second-order valence-electron chi connectivity index (χ2n) is 9.28. The predicted octanol–water partition coefficient (Wildman–Crippen LogP) is 4.88. The molecule has 0 aromatic heterocycles. The number of carbonyl (C=O) groups excluding carboxylic acids is 2. The summed E-state index contributed by atoms with van der Waals surface area (Å²) in [7, 11) is 0. The molecule has 2 amide bonds. The van der Waals surface area contributed by atoms with Crippen molar-refractivity contribution >= 4 is 40.5 Å². The van der Waals surface area contributed by atoms with Crippen LogP contribution in [0.2, 0.25) is 0 Å². The van der Waals surface area contributed by atoms with E-state index in [2.05, 4.69) is 5.32 Å². The number of alkyl halides is 3. The summed E-state index contributed by atoms with van der Waals surface area (Å²) < 4.78 is 55.5. The molecular weight excluding hydrogens is 522 g/mol. The van der Waals surface area contributed by atoms with Crippen LogP contribution in [0.1, 0.15) is 61.0 Å². The number of nitrogens with one attached hydrogen (secondary N) is 1. The third kappa shape index (κ3) is 5.79. The second kappa shape index (κ2) is 11.4. The summed E-state index contributed by atoms with van der Waals surface area (Å²) in [4.78, 5) is 28.0. The lowest BCUT2D eigenvalue weighted by Crippen LogP contribution is -2.44. The van der Waals surface area contributed by atoms with Crippen LogP contribution in [-0.2, 0) is 11.0 Å². The average Bonchev–Trinajstić information content (AvgIpc) is 3.03. The molecule has 7 nitrogen and oxygen atoms in total. The third-order valence-corrected chi connectivity index (χ3v) is 6.59. The van der Waals surface area contributed by atoms with Crippen molar-refractivity contribution in [3.63, 3.8) is 0 Å². The van der Waals surface area contributed by atoms with Gasteiger partial charge in [0.25, 0.3) is 11.8 Å². The van der Waals surface area contributed by atoms with Gasteiger partial charge in [0.1, 0.15) is 11.4 Å². The number of hydrogen-bond donors (Lipinski definition) is 2. The molecule has 1 saturated heterocycles. The maximum atomic E-state index is 15.0. The van der Waals surface area contributed by atoms with Crippen LogP contribution in [0.5, 0.6) is 0 Å². The maximum Gasteiger partial charge on any atom is 0.417 e. The minimum Gasteiger partial charge on any atom is -0.352 e. The van der Waals surface area contributed by atoms with Crippen LogP contribution >= 0.6 is 12.2 Å². The van der Waals surface area contributed by atoms with E-state index < -0.39 is 40.5 Å². The molecule has 0 saturated carbocycles. The van der Waals surface area contributed by atoms with Crippen molar-refractivity contribution in [2.24, 2.45) is 5.73 Å². The number of halogens is 4. The Morgan fingerprint density at radius 3 is 2.37 bits per heavy atom. The first-order valence-corrected chi connectivity index (χ1v) is 12.3. The van der Waals surface area contributed by atoms with Gasteiger partial charge in [-0.25, -0.2) is 4.39 Å². The topological polar surface area (TPSA) is 102 Å². The van der Waals surface area contributed by atoms with Crippen LogP contribution < -0.4 is 20.9 Å². The number of nitriles is 1. The van der Waals surface area contributed by atoms with Crippen LogP contribution in [0.25, 0.3) is 0 Å². The van der Waals surface area contributed by atoms with E-state index in [9.17, 15) is 27.2 Å². The van der Waals surface area contributed by atoms with Crippen LogP contribution in [0, 0.1) is 17.1 Å². The number of nitrogens with zero attached hydrogens (tertiary/aromatic N) is 3. The van der Waals surface area contributed by atoms with E-state index >= 15 is 0 Å². The molecule has 0 aliphatic carbocycles. The van der Waals surface area contributed by atoms with Crippen molar-refractivity contribution in [2.45, 2.75) is 51.2 Å². The molecule has 0 bridgehead atoms. The monoisotopic (exact) mass is 549 g/mol. The molecule has 3 N–H and O–H groups in total. The largest absolute Gasteiger partial charge is 0.417 e. The number of hydrogen-bond acceptors (Lipinski definition) is 5. The lowest BCUT2D eigenvalue weighted by atomic mass is 10.0. The Morgan fingerprint density at radius 1 is 1.11 bits per heavy atom. The molecule has 1 aliphatic rings. The van der Waals surface area contributed by atoms with Crippen LogP contribution in [-0.4, -0.2) is 35.6 Å². The fourth-order valence-corrected chi connectivity index (χ4v) is 4.73. The number of benzene rings is 2. The molecule has 2 aromatic rings. The SMILES string of the molecule is CC1(C)C(=O)N(c2ccc(C#N)c(C(F)(F)F)c2)C(=S)N1c1ccc(C(=O)NCCCCCCN)c(F)c1. The summed E-state index contributed by atoms with van der Waals surface area (Å²) in [5.41, 5.74) is 2.05. The Bertz CT molecular complexity index is 1290. The first-order valence-electron chi connectivity index (χ1n) is 11.9. The molecule has 12 heteroatoms. The van der Waals surface area contributed by atoms with Gasteiger partial charge in [-0.2, -0.15) is 18.4 Å². The van der Waals surface area contributed by atoms with Crippen molar-refractivity contribution in [3.8, 4) is 6.07 Å². The highest BCUT2D eigenvalue weighted by Crippen LogP contribution is 2.39. The molecule has 3 rings (SSSR count). The number of carbonyl (C=O) groups is 2. The lowest BCUT2D eigenvalue weighted by molar-refractivity contribution is -0.137. The summed E-state index contributed by atoms with van der Waals surface area (Å²) >= 11 is 5.45. The van der Waals surface area contributed by atoms with Gasteiger partial charge in [0.15, 0.2) is 5.11 Å². The van der Waals surface area contributed by atoms with Gasteiger partial charge in [0.2, 0.25) is 0 Å². The Balaban J connectivity index is 1.86. The summed E-state index contributed by atoms with van der Waals surface area (Å²) in [6.45, 7) is 3.98. The smallest absolute Gasteiger partial charge is 0.352 e. The molecule has 38 heavy (non-hydrogen) atoms. The highest BCUT2D eigenvalue weighted by atomic mass is 32.1. The summed E-state index contributed by atoms with van der Waals surface area (Å²) in [5.74, 6) is -2.08. The van der Waals surface area contributed by atoms with Crippen molar-refractivity contribution in [2.75, 3.05) is 22.9 Å². The van der Waals surface area contributed by atoms with Gasteiger partial charge in [-0.05, 0) is 81.8 Å². The zero-order valence-corrected chi connectivity index (χ0v) is 21.7. The Hall–Kier alpha value is -3.56. The fraction of sp³-hybridized carbons (Fsp3) is 0.385. The maximum absolute atomic E-state index is 15.0. The van der Waals surface area contributed by atoms with Crippen LogP contribution in [0.4, 0.5) is 28.9 Å². The number of rotatable bonds is 9. The fourth-order valence-electron chi connectivity index (χ4n) is 4.21. The van der Waals surface area contributed by atoms with Crippen molar-refractivity contribution in [1.29, 1.82) is 5.26 Å². The molecule has 2 aromatic carbocycles. The number of unbranched alkanes of at least 4 members (excludes halogenated alkanes) is 3. The average molecular weight is 550 g/mol. The van der Waals surface area contributed by atoms with Gasteiger partial charge in [0.05, 0.1) is 28.4 Å². The van der Waals surface area contributed by atoms with Crippen molar-refractivity contribution < 1.29 is 27.2 Å². The summed E-state index contributed by atoms with van der Waals surface area (Å²) in [6.07, 6.45) is -1.38. The minimum absolute atomic E-state index is 0.149. The minimum atomic E-state index is -4.83. The van der Waals surface area contributed by atoms with E-state index in [1.54, 1.807) is 0 Å². The Kier molecular flexibility index (Phi) is 8.74. The molecule has 0 atom stereocenters. The third-order valence-electron chi connectivity index (χ3n) is 6.23. The van der Waals surface area contributed by atoms with Gasteiger partial charge in [-0.3, -0.25) is 14.5 Å². The van der Waals surface area contributed by atoms with Crippen molar-refractivity contribution in [1.82, 2.24) is 5.32 Å². The highest BCUT2D eigenvalue weighted by Gasteiger charge is 2.51. The summed E-state index contributed by atoms with van der Waals surface area (Å²) in [6, 6.07) is 8.09. The molecule has 1 fully saturated rings. The van der Waals surface area contributed by atoms with Gasteiger partial charge in [-0.15, -0.1) is 0 Å². The molecule has 0 radical (unpaired) electrons. The number of thiocarbonyl (C=S) groups is 1. The van der Waals surface area contributed by atoms with Gasteiger partial charge in [0, 0.05) is 12.2 Å². The van der Waals surface area contributed by atoms with Crippen LogP contribution in [0.15, 0.2) is 36.4 Å². The molecule has 0 unspecified atom stereocenters. The van der Waals surface area contributed by atoms with Gasteiger partial charge >= 0.3 is 6.18 Å². The van der Waals surface area contributed by atoms with Gasteiger partial charge < -0.3 is 16.0 Å².